The molecule has 28 heavy (non-hydrogen) atoms. The molecule has 0 unspecified atom stereocenters. The fraction of sp³-hybridized carbons (Fsp3) is 0.619. The number of rotatable bonds is 4. The largest absolute Gasteiger partial charge is 0.381 e. The predicted octanol–water partition coefficient (Wildman–Crippen LogP) is 2.78. The zero-order chi connectivity index (χ0) is 19.8. The lowest BCUT2D eigenvalue weighted by atomic mass is 10.1. The van der Waals surface area contributed by atoms with Crippen LogP contribution >= 0.6 is 11.6 Å². The van der Waals surface area contributed by atoms with E-state index in [1.54, 1.807) is 4.90 Å². The van der Waals surface area contributed by atoms with Crippen molar-refractivity contribution < 1.29 is 14.3 Å². The first kappa shape index (κ1) is 19.5. The third kappa shape index (κ3) is 3.98. The van der Waals surface area contributed by atoms with Crippen molar-refractivity contribution in [2.45, 2.75) is 44.2 Å². The summed E-state index contributed by atoms with van der Waals surface area (Å²) in [6, 6.07) is 6.27. The van der Waals surface area contributed by atoms with E-state index in [-0.39, 0.29) is 29.9 Å². The minimum atomic E-state index is -0.0540. The highest BCUT2D eigenvalue weighted by Crippen LogP contribution is 2.41. The molecule has 6 nitrogen and oxygen atoms in total. The molecule has 0 aromatic heterocycles. The van der Waals surface area contributed by atoms with Crippen molar-refractivity contribution in [3.05, 3.63) is 34.3 Å². The predicted molar refractivity (Wildman–Crippen MR) is 108 cm³/mol. The van der Waals surface area contributed by atoms with Crippen molar-refractivity contribution in [2.75, 3.05) is 33.4 Å². The van der Waals surface area contributed by atoms with Crippen molar-refractivity contribution in [3.63, 3.8) is 0 Å². The summed E-state index contributed by atoms with van der Waals surface area (Å²) in [5.41, 5.74) is 2.29. The van der Waals surface area contributed by atoms with Crippen LogP contribution in [0.15, 0.2) is 18.2 Å². The first-order chi connectivity index (χ1) is 13.4. The minimum Gasteiger partial charge on any atom is -0.381 e. The molecule has 0 bridgehead atoms. The van der Waals surface area contributed by atoms with Crippen LogP contribution in [0.3, 0.4) is 0 Å². The molecule has 1 N–H and O–H groups in total. The van der Waals surface area contributed by atoms with Gasteiger partial charge in [0.05, 0.1) is 18.6 Å². The Balaban J connectivity index is 1.27. The van der Waals surface area contributed by atoms with Crippen molar-refractivity contribution in [1.29, 1.82) is 0 Å². The lowest BCUT2D eigenvalue weighted by molar-refractivity contribution is -0.134. The van der Waals surface area contributed by atoms with Crippen LogP contribution in [0.4, 0.5) is 4.79 Å². The van der Waals surface area contributed by atoms with Gasteiger partial charge in [-0.1, -0.05) is 23.7 Å². The van der Waals surface area contributed by atoms with Crippen LogP contribution in [-0.4, -0.2) is 67.2 Å². The molecule has 0 radical (unpaired) electrons. The number of hydrogen-bond acceptors (Lipinski definition) is 3. The number of carbonyl (C=O) groups is 2. The average molecular weight is 406 g/mol. The second-order valence-electron chi connectivity index (χ2n) is 8.30. The molecule has 152 valence electrons. The number of nitrogens with one attached hydrogen (secondary N) is 1. The first-order valence-electron chi connectivity index (χ1n) is 10.1. The number of likely N-dealkylation sites (tertiary alicyclic amines) is 1. The number of carbonyl (C=O) groups excluding carboxylic acids is 2. The Labute approximate surface area is 171 Å². The van der Waals surface area contributed by atoms with E-state index in [1.165, 1.54) is 5.56 Å². The lowest BCUT2D eigenvalue weighted by Gasteiger charge is -2.26. The Hall–Kier alpha value is -1.79. The molecule has 4 atom stereocenters. The van der Waals surface area contributed by atoms with Gasteiger partial charge in [0.25, 0.3) is 0 Å². The van der Waals surface area contributed by atoms with E-state index in [0.717, 1.165) is 29.8 Å². The Morgan fingerprint density at radius 3 is 2.86 bits per heavy atom. The van der Waals surface area contributed by atoms with E-state index in [4.69, 9.17) is 16.3 Å². The normalized spacial score (nSPS) is 29.0. The molecular weight excluding hydrogens is 378 g/mol. The van der Waals surface area contributed by atoms with Gasteiger partial charge in [-0.3, -0.25) is 4.79 Å². The summed E-state index contributed by atoms with van der Waals surface area (Å²) < 4.78 is 5.33. The second kappa shape index (κ2) is 7.91. The number of aryl methyl sites for hydroxylation is 1. The van der Waals surface area contributed by atoms with Crippen LogP contribution in [0.2, 0.25) is 5.02 Å². The van der Waals surface area contributed by atoms with Crippen LogP contribution in [0.5, 0.6) is 0 Å². The third-order valence-electron chi connectivity index (χ3n) is 6.33. The topological polar surface area (TPSA) is 61.9 Å². The van der Waals surface area contributed by atoms with Crippen molar-refractivity contribution in [1.82, 2.24) is 15.1 Å². The van der Waals surface area contributed by atoms with Crippen LogP contribution in [0.1, 0.15) is 36.3 Å². The second-order valence-corrected chi connectivity index (χ2v) is 8.71. The number of hydrogen-bond donors (Lipinski definition) is 1. The number of likely N-dealkylation sites (N-methyl/N-ethyl adjacent to an activating group) is 1. The maximum absolute atomic E-state index is 12.7. The Morgan fingerprint density at radius 2 is 2.14 bits per heavy atom. The fourth-order valence-electron chi connectivity index (χ4n) is 4.29. The number of amides is 3. The van der Waals surface area contributed by atoms with Gasteiger partial charge in [-0.25, -0.2) is 4.79 Å². The molecule has 1 saturated carbocycles. The maximum Gasteiger partial charge on any atom is 0.317 e. The van der Waals surface area contributed by atoms with Crippen molar-refractivity contribution in [3.8, 4) is 0 Å². The Kier molecular flexibility index (Phi) is 5.52. The van der Waals surface area contributed by atoms with Gasteiger partial charge in [0, 0.05) is 43.7 Å². The number of urea groups is 1. The summed E-state index contributed by atoms with van der Waals surface area (Å²) in [6.45, 7) is 4.53. The molecule has 2 saturated heterocycles. The van der Waals surface area contributed by atoms with Gasteiger partial charge in [-0.15, -0.1) is 0 Å². The third-order valence-corrected chi connectivity index (χ3v) is 6.76. The zero-order valence-electron chi connectivity index (χ0n) is 16.5. The van der Waals surface area contributed by atoms with Gasteiger partial charge in [-0.05, 0) is 43.4 Å². The molecular formula is C21H28ClN3O3. The number of benzene rings is 1. The smallest absolute Gasteiger partial charge is 0.317 e. The Morgan fingerprint density at radius 1 is 1.32 bits per heavy atom. The number of nitrogens with zero attached hydrogens (tertiary/aromatic N) is 2. The van der Waals surface area contributed by atoms with Crippen LogP contribution in [0, 0.1) is 12.8 Å². The fourth-order valence-corrected chi connectivity index (χ4v) is 4.41. The molecule has 2 aliphatic heterocycles. The molecule has 0 spiro atoms. The van der Waals surface area contributed by atoms with Gasteiger partial charge in [0.1, 0.15) is 0 Å². The standard InChI is InChI=1S/C21H28ClN3O3/c1-13-9-14(3-4-18(13)22)17-10-19(17)23-21(27)24(2)16-5-7-25(11-16)20(26)15-6-8-28-12-15/h3-4,9,15-17,19H,5-8,10-12H2,1-2H3,(H,23,27)/t15-,16+,17+,19-/m1/s1. The van der Waals surface area contributed by atoms with Gasteiger partial charge in [0.15, 0.2) is 0 Å². The average Bonchev–Trinajstić information content (AvgIpc) is 3.09. The highest BCUT2D eigenvalue weighted by Gasteiger charge is 2.41. The van der Waals surface area contributed by atoms with Crippen LogP contribution in [0.25, 0.3) is 0 Å². The van der Waals surface area contributed by atoms with Gasteiger partial charge in [0.2, 0.25) is 5.91 Å². The van der Waals surface area contributed by atoms with Crippen LogP contribution < -0.4 is 5.32 Å². The molecule has 1 aromatic rings. The number of halogens is 1. The summed E-state index contributed by atoms with van der Waals surface area (Å²) in [7, 11) is 1.83. The van der Waals surface area contributed by atoms with Crippen molar-refractivity contribution in [2.24, 2.45) is 5.92 Å². The molecule has 3 aliphatic rings. The molecule has 7 heteroatoms. The summed E-state index contributed by atoms with van der Waals surface area (Å²) in [6.07, 6.45) is 2.59. The van der Waals surface area contributed by atoms with Gasteiger partial charge < -0.3 is 19.9 Å². The summed E-state index contributed by atoms with van der Waals surface area (Å²) >= 11 is 6.10. The summed E-state index contributed by atoms with van der Waals surface area (Å²) in [5.74, 6) is 0.527. The van der Waals surface area contributed by atoms with Crippen LogP contribution in [-0.2, 0) is 9.53 Å². The van der Waals surface area contributed by atoms with E-state index in [2.05, 4.69) is 11.4 Å². The Bertz CT molecular complexity index is 765. The molecule has 1 aliphatic carbocycles. The van der Waals surface area contributed by atoms with Gasteiger partial charge in [-0.2, -0.15) is 0 Å². The molecule has 3 fully saturated rings. The monoisotopic (exact) mass is 405 g/mol. The minimum absolute atomic E-state index is 0.00654. The summed E-state index contributed by atoms with van der Waals surface area (Å²) in [4.78, 5) is 28.9. The molecule has 4 rings (SSSR count). The first-order valence-corrected chi connectivity index (χ1v) is 10.5. The van der Waals surface area contributed by atoms with E-state index >= 15 is 0 Å². The lowest BCUT2D eigenvalue weighted by Crippen LogP contribution is -2.46. The highest BCUT2D eigenvalue weighted by atomic mass is 35.5. The zero-order valence-corrected chi connectivity index (χ0v) is 17.2. The van der Waals surface area contributed by atoms with E-state index in [9.17, 15) is 9.59 Å². The highest BCUT2D eigenvalue weighted by molar-refractivity contribution is 6.31. The van der Waals surface area contributed by atoms with Crippen molar-refractivity contribution >= 4 is 23.5 Å². The summed E-state index contributed by atoms with van der Waals surface area (Å²) in [5, 5.41) is 3.92. The molecule has 3 amide bonds. The molecule has 1 aromatic carbocycles. The van der Waals surface area contributed by atoms with Gasteiger partial charge >= 0.3 is 6.03 Å². The quantitative estimate of drug-likeness (QED) is 0.837. The number of ether oxygens (including phenoxy) is 1. The SMILES string of the molecule is Cc1cc([C@@H]2C[C@H]2NC(=O)N(C)[C@H]2CCN(C(=O)[C@@H]3CCOC3)C2)ccc1Cl. The van der Waals surface area contributed by atoms with E-state index in [0.29, 0.717) is 32.2 Å². The molecule has 2 heterocycles. The van der Waals surface area contributed by atoms with E-state index < -0.39 is 0 Å². The van der Waals surface area contributed by atoms with E-state index in [1.807, 2.05) is 31.0 Å². The maximum atomic E-state index is 12.7.